The van der Waals surface area contributed by atoms with Crippen molar-refractivity contribution in [3.8, 4) is 0 Å². The second kappa shape index (κ2) is 6.28. The molecule has 1 aromatic carbocycles. The third-order valence-electron chi connectivity index (χ3n) is 5.36. The fraction of sp³-hybridized carbons (Fsp3) is 0.368. The van der Waals surface area contributed by atoms with Gasteiger partial charge in [0, 0.05) is 41.6 Å². The Hall–Kier alpha value is -2.18. The number of nitrogens with zero attached hydrogens (tertiary/aromatic N) is 3. The lowest BCUT2D eigenvalue weighted by Crippen LogP contribution is -2.50. The van der Waals surface area contributed by atoms with Gasteiger partial charge >= 0.3 is 5.97 Å². The molecule has 130 valence electrons. The van der Waals surface area contributed by atoms with E-state index >= 15 is 0 Å². The molecule has 2 aromatic heterocycles. The Morgan fingerprint density at radius 2 is 2.08 bits per heavy atom. The van der Waals surface area contributed by atoms with Crippen LogP contribution in [0.3, 0.4) is 0 Å². The number of likely N-dealkylation sites (tertiary alicyclic amines) is 1. The van der Waals surface area contributed by atoms with Gasteiger partial charge in [-0.15, -0.1) is 11.3 Å². The third kappa shape index (κ3) is 2.75. The van der Waals surface area contributed by atoms with E-state index in [1.807, 2.05) is 11.3 Å². The number of piperidine rings is 1. The van der Waals surface area contributed by atoms with Crippen LogP contribution in [0.2, 0.25) is 0 Å². The summed E-state index contributed by atoms with van der Waals surface area (Å²) in [7, 11) is 0. The van der Waals surface area contributed by atoms with Gasteiger partial charge in [-0.05, 0) is 36.8 Å². The van der Waals surface area contributed by atoms with Crippen molar-refractivity contribution in [2.75, 3.05) is 13.1 Å². The lowest BCUT2D eigenvalue weighted by atomic mass is 9.87. The molecule has 0 atom stereocenters. The quantitative estimate of drug-likeness (QED) is 0.778. The molecule has 25 heavy (non-hydrogen) atoms. The number of carbonyl (C=O) groups is 1. The average molecular weight is 355 g/mol. The Balaban J connectivity index is 1.54. The maximum absolute atomic E-state index is 12.0. The van der Waals surface area contributed by atoms with E-state index in [4.69, 9.17) is 0 Å². The molecule has 1 N–H and O–H groups in total. The predicted octanol–water partition coefficient (Wildman–Crippen LogP) is 3.48. The van der Waals surface area contributed by atoms with E-state index in [-0.39, 0.29) is 0 Å². The molecule has 5 nitrogen and oxygen atoms in total. The number of benzene rings is 1. The van der Waals surface area contributed by atoms with E-state index in [1.165, 1.54) is 20.5 Å². The number of hydrogen-bond donors (Lipinski definition) is 1. The van der Waals surface area contributed by atoms with Crippen molar-refractivity contribution in [3.63, 3.8) is 0 Å². The standard InChI is InChI=1S/C19H21N3O2S/c1-14-16(15-4-2-3-5-17(15)25-14)12-21-9-6-19(7-10-21,18(23)24)22-11-8-20-13-22/h2-5,8,11,13H,6-7,9-10,12H2,1H3,(H,23,24). The van der Waals surface area contributed by atoms with Crippen LogP contribution in [0.1, 0.15) is 23.3 Å². The van der Waals surface area contributed by atoms with E-state index in [9.17, 15) is 9.90 Å². The first-order chi connectivity index (χ1) is 12.1. The minimum absolute atomic E-state index is 0.597. The summed E-state index contributed by atoms with van der Waals surface area (Å²) in [6.07, 6.45) is 6.23. The van der Waals surface area contributed by atoms with E-state index in [1.54, 1.807) is 23.3 Å². The summed E-state index contributed by atoms with van der Waals surface area (Å²) < 4.78 is 3.09. The van der Waals surface area contributed by atoms with Gasteiger partial charge in [-0.1, -0.05) is 18.2 Å². The van der Waals surface area contributed by atoms with Gasteiger partial charge in [0.1, 0.15) is 5.54 Å². The van der Waals surface area contributed by atoms with Crippen molar-refractivity contribution in [1.82, 2.24) is 14.5 Å². The Kier molecular flexibility index (Phi) is 4.09. The fourth-order valence-electron chi connectivity index (χ4n) is 3.82. The Labute approximate surface area is 150 Å². The highest BCUT2D eigenvalue weighted by Crippen LogP contribution is 2.35. The SMILES string of the molecule is Cc1sc2ccccc2c1CN1CCC(C(=O)O)(n2ccnc2)CC1. The van der Waals surface area contributed by atoms with Crippen LogP contribution in [0, 0.1) is 6.92 Å². The molecule has 3 aromatic rings. The smallest absolute Gasteiger partial charge is 0.330 e. The largest absolute Gasteiger partial charge is 0.479 e. The van der Waals surface area contributed by atoms with Crippen LogP contribution in [0.5, 0.6) is 0 Å². The minimum atomic E-state index is -0.862. The Morgan fingerprint density at radius 3 is 2.76 bits per heavy atom. The molecule has 0 unspecified atom stereocenters. The van der Waals surface area contributed by atoms with Crippen LogP contribution >= 0.6 is 11.3 Å². The van der Waals surface area contributed by atoms with E-state index in [0.717, 1.165) is 19.6 Å². The van der Waals surface area contributed by atoms with Crippen molar-refractivity contribution in [3.05, 3.63) is 53.4 Å². The molecule has 0 bridgehead atoms. The number of rotatable bonds is 4. The topological polar surface area (TPSA) is 58.4 Å². The van der Waals surface area contributed by atoms with Crippen molar-refractivity contribution < 1.29 is 9.90 Å². The van der Waals surface area contributed by atoms with E-state index in [0.29, 0.717) is 12.8 Å². The molecule has 1 aliphatic rings. The maximum Gasteiger partial charge on any atom is 0.330 e. The molecular formula is C19H21N3O2S. The first kappa shape index (κ1) is 16.3. The molecule has 0 saturated carbocycles. The normalized spacial score (nSPS) is 17.8. The Bertz CT molecular complexity index is 893. The van der Waals surface area contributed by atoms with Crippen molar-refractivity contribution in [1.29, 1.82) is 0 Å². The summed E-state index contributed by atoms with van der Waals surface area (Å²) in [5.74, 6) is -0.762. The lowest BCUT2D eigenvalue weighted by molar-refractivity contribution is -0.150. The summed E-state index contributed by atoms with van der Waals surface area (Å²) in [6, 6.07) is 8.52. The van der Waals surface area contributed by atoms with Crippen molar-refractivity contribution in [2.24, 2.45) is 0 Å². The summed E-state index contributed by atoms with van der Waals surface area (Å²) in [6.45, 7) is 4.61. The third-order valence-corrected chi connectivity index (χ3v) is 6.49. The van der Waals surface area contributed by atoms with Crippen molar-refractivity contribution in [2.45, 2.75) is 31.8 Å². The first-order valence-electron chi connectivity index (χ1n) is 8.51. The molecule has 0 amide bonds. The zero-order valence-corrected chi connectivity index (χ0v) is 15.0. The van der Waals surface area contributed by atoms with Crippen molar-refractivity contribution >= 4 is 27.4 Å². The molecule has 0 aliphatic carbocycles. The summed E-state index contributed by atoms with van der Waals surface area (Å²) in [5.41, 5.74) is 0.518. The van der Waals surface area contributed by atoms with Gasteiger partial charge < -0.3 is 9.67 Å². The van der Waals surface area contributed by atoms with Gasteiger partial charge in [0.05, 0.1) is 6.33 Å². The molecule has 1 saturated heterocycles. The highest BCUT2D eigenvalue weighted by molar-refractivity contribution is 7.19. The number of imidazole rings is 1. The molecular weight excluding hydrogens is 334 g/mol. The zero-order valence-electron chi connectivity index (χ0n) is 14.2. The van der Waals surface area contributed by atoms with Gasteiger partial charge in [-0.25, -0.2) is 9.78 Å². The zero-order chi connectivity index (χ0) is 17.4. The second-order valence-electron chi connectivity index (χ2n) is 6.72. The molecule has 0 radical (unpaired) electrons. The fourth-order valence-corrected chi connectivity index (χ4v) is 4.89. The van der Waals surface area contributed by atoms with Gasteiger partial charge in [0.2, 0.25) is 0 Å². The minimum Gasteiger partial charge on any atom is -0.479 e. The van der Waals surface area contributed by atoms with Crippen LogP contribution in [-0.4, -0.2) is 38.6 Å². The average Bonchev–Trinajstić information content (AvgIpc) is 3.25. The number of hydrogen-bond acceptors (Lipinski definition) is 4. The molecule has 3 heterocycles. The number of carboxylic acid groups (broad SMARTS) is 1. The van der Waals surface area contributed by atoms with Crippen LogP contribution in [-0.2, 0) is 16.9 Å². The molecule has 1 aliphatic heterocycles. The monoisotopic (exact) mass is 355 g/mol. The number of aryl methyl sites for hydroxylation is 1. The van der Waals surface area contributed by atoms with E-state index in [2.05, 4.69) is 41.1 Å². The van der Waals surface area contributed by atoms with Gasteiger partial charge in [0.15, 0.2) is 0 Å². The molecule has 6 heteroatoms. The highest BCUT2D eigenvalue weighted by Gasteiger charge is 2.43. The number of carboxylic acids is 1. The summed E-state index contributed by atoms with van der Waals surface area (Å²) >= 11 is 1.84. The van der Waals surface area contributed by atoms with Crippen LogP contribution in [0.25, 0.3) is 10.1 Å². The maximum atomic E-state index is 12.0. The first-order valence-corrected chi connectivity index (χ1v) is 9.33. The van der Waals surface area contributed by atoms with Crippen LogP contribution in [0.15, 0.2) is 43.0 Å². The summed E-state index contributed by atoms with van der Waals surface area (Å²) in [5, 5.41) is 11.2. The van der Waals surface area contributed by atoms with Gasteiger partial charge in [-0.3, -0.25) is 4.90 Å². The van der Waals surface area contributed by atoms with Crippen LogP contribution < -0.4 is 0 Å². The highest BCUT2D eigenvalue weighted by atomic mass is 32.1. The number of thiophene rings is 1. The summed E-state index contributed by atoms with van der Waals surface area (Å²) in [4.78, 5) is 19.7. The second-order valence-corrected chi connectivity index (χ2v) is 7.97. The van der Waals surface area contributed by atoms with Gasteiger partial charge in [0.25, 0.3) is 0 Å². The number of aromatic nitrogens is 2. The lowest BCUT2D eigenvalue weighted by Gasteiger charge is -2.39. The molecule has 1 fully saturated rings. The Morgan fingerprint density at radius 1 is 1.32 bits per heavy atom. The molecule has 0 spiro atoms. The molecule has 4 rings (SSSR count). The number of fused-ring (bicyclic) bond motifs is 1. The van der Waals surface area contributed by atoms with E-state index < -0.39 is 11.5 Å². The number of aliphatic carboxylic acids is 1. The predicted molar refractivity (Wildman–Crippen MR) is 98.9 cm³/mol. The van der Waals surface area contributed by atoms with Gasteiger partial charge in [-0.2, -0.15) is 0 Å². The van der Waals surface area contributed by atoms with Crippen LogP contribution in [0.4, 0.5) is 0 Å².